The van der Waals surface area contributed by atoms with E-state index in [-0.39, 0.29) is 36.6 Å². The van der Waals surface area contributed by atoms with Gasteiger partial charge >= 0.3 is 0 Å². The number of carbonyl (C=O) groups excluding carboxylic acids is 2. The lowest BCUT2D eigenvalue weighted by atomic mass is 10.1. The van der Waals surface area contributed by atoms with E-state index in [2.05, 4.69) is 5.32 Å². The Morgan fingerprint density at radius 3 is 2.44 bits per heavy atom. The van der Waals surface area contributed by atoms with Crippen molar-refractivity contribution in [1.29, 1.82) is 0 Å². The van der Waals surface area contributed by atoms with E-state index in [1.165, 1.54) is 12.1 Å². The van der Waals surface area contributed by atoms with Gasteiger partial charge in [0.05, 0.1) is 6.61 Å². The van der Waals surface area contributed by atoms with Gasteiger partial charge in [-0.1, -0.05) is 50.1 Å². The second-order valence-electron chi connectivity index (χ2n) is 8.33. The number of carbonyl (C=O) groups is 2. The fraction of sp³-hybridized carbons (Fsp3) is 0.462. The average molecular weight is 441 g/mol. The van der Waals surface area contributed by atoms with Gasteiger partial charge < -0.3 is 15.0 Å². The molecule has 5 nitrogen and oxygen atoms in total. The van der Waals surface area contributed by atoms with Gasteiger partial charge in [0.1, 0.15) is 17.6 Å². The smallest absolute Gasteiger partial charge is 0.243 e. The molecule has 1 saturated carbocycles. The molecule has 0 bridgehead atoms. The standard InChI is InChI=1S/C26H33FN2O3/c1-2-24(26(31)28-22-9-6-7-10-22)29(19-20-14-16-21(27)17-15-20)25(30)13-8-18-32-23-11-4-3-5-12-23/h3-5,11-12,14-17,22,24H,2,6-10,13,18-19H2,1H3,(H,28,31). The van der Waals surface area contributed by atoms with Crippen molar-refractivity contribution in [2.75, 3.05) is 6.61 Å². The van der Waals surface area contributed by atoms with Crippen LogP contribution in [0.3, 0.4) is 0 Å². The van der Waals surface area contributed by atoms with Crippen LogP contribution in [0, 0.1) is 5.82 Å². The summed E-state index contributed by atoms with van der Waals surface area (Å²) in [7, 11) is 0. The molecule has 0 radical (unpaired) electrons. The summed E-state index contributed by atoms with van der Waals surface area (Å²) in [4.78, 5) is 27.9. The van der Waals surface area contributed by atoms with Gasteiger partial charge in [-0.25, -0.2) is 4.39 Å². The molecule has 0 aromatic heterocycles. The molecule has 32 heavy (non-hydrogen) atoms. The lowest BCUT2D eigenvalue weighted by Gasteiger charge is -2.31. The summed E-state index contributed by atoms with van der Waals surface area (Å²) in [6, 6.07) is 15.2. The minimum absolute atomic E-state index is 0.0978. The molecule has 2 aromatic carbocycles. The highest BCUT2D eigenvalue weighted by Gasteiger charge is 2.30. The molecule has 2 aromatic rings. The van der Waals surface area contributed by atoms with Gasteiger partial charge in [0.15, 0.2) is 0 Å². The highest BCUT2D eigenvalue weighted by Crippen LogP contribution is 2.20. The van der Waals surface area contributed by atoms with E-state index in [1.54, 1.807) is 17.0 Å². The topological polar surface area (TPSA) is 58.6 Å². The van der Waals surface area contributed by atoms with Crippen molar-refractivity contribution in [3.63, 3.8) is 0 Å². The number of hydrogen-bond donors (Lipinski definition) is 1. The lowest BCUT2D eigenvalue weighted by Crippen LogP contribution is -2.50. The molecule has 2 amide bonds. The van der Waals surface area contributed by atoms with Crippen molar-refractivity contribution in [3.8, 4) is 5.75 Å². The van der Waals surface area contributed by atoms with E-state index in [0.717, 1.165) is 37.0 Å². The second-order valence-corrected chi connectivity index (χ2v) is 8.33. The van der Waals surface area contributed by atoms with Crippen LogP contribution in [0.2, 0.25) is 0 Å². The molecule has 0 saturated heterocycles. The predicted molar refractivity (Wildman–Crippen MR) is 123 cm³/mol. The molecular formula is C26H33FN2O3. The Bertz CT molecular complexity index is 851. The number of amides is 2. The molecule has 172 valence electrons. The summed E-state index contributed by atoms with van der Waals surface area (Å²) in [5.74, 6) is 0.246. The largest absolute Gasteiger partial charge is 0.494 e. The summed E-state index contributed by atoms with van der Waals surface area (Å²) in [5, 5.41) is 3.13. The molecule has 1 aliphatic carbocycles. The number of ether oxygens (including phenoxy) is 1. The van der Waals surface area contributed by atoms with Gasteiger partial charge in [-0.05, 0) is 55.5 Å². The van der Waals surface area contributed by atoms with E-state index in [9.17, 15) is 14.0 Å². The van der Waals surface area contributed by atoms with Crippen LogP contribution in [-0.4, -0.2) is 35.4 Å². The molecule has 6 heteroatoms. The zero-order chi connectivity index (χ0) is 22.8. The van der Waals surface area contributed by atoms with Crippen molar-refractivity contribution in [2.45, 2.75) is 70.5 Å². The maximum Gasteiger partial charge on any atom is 0.243 e. The summed E-state index contributed by atoms with van der Waals surface area (Å²) in [6.45, 7) is 2.61. The number of benzene rings is 2. The molecule has 1 atom stereocenters. The Morgan fingerprint density at radius 2 is 1.78 bits per heavy atom. The van der Waals surface area contributed by atoms with Gasteiger partial charge in [-0.3, -0.25) is 9.59 Å². The maximum absolute atomic E-state index is 13.3. The van der Waals surface area contributed by atoms with Crippen molar-refractivity contribution < 1.29 is 18.7 Å². The molecule has 3 rings (SSSR count). The fourth-order valence-electron chi connectivity index (χ4n) is 4.15. The highest BCUT2D eigenvalue weighted by molar-refractivity contribution is 5.87. The first kappa shape index (κ1) is 23.8. The van der Waals surface area contributed by atoms with Crippen molar-refractivity contribution in [3.05, 3.63) is 66.0 Å². The number of para-hydroxylation sites is 1. The van der Waals surface area contributed by atoms with E-state index in [1.807, 2.05) is 37.3 Å². The normalized spacial score (nSPS) is 14.7. The minimum atomic E-state index is -0.553. The molecule has 1 fully saturated rings. The van der Waals surface area contributed by atoms with Crippen LogP contribution >= 0.6 is 0 Å². The third-order valence-corrected chi connectivity index (χ3v) is 5.90. The minimum Gasteiger partial charge on any atom is -0.494 e. The zero-order valence-electron chi connectivity index (χ0n) is 18.8. The van der Waals surface area contributed by atoms with E-state index < -0.39 is 6.04 Å². The molecule has 1 unspecified atom stereocenters. The van der Waals surface area contributed by atoms with E-state index in [0.29, 0.717) is 19.4 Å². The van der Waals surface area contributed by atoms with E-state index in [4.69, 9.17) is 4.74 Å². The fourth-order valence-corrected chi connectivity index (χ4v) is 4.15. The quantitative estimate of drug-likeness (QED) is 0.508. The number of rotatable bonds is 11. The van der Waals surface area contributed by atoms with Crippen LogP contribution in [0.15, 0.2) is 54.6 Å². The van der Waals surface area contributed by atoms with Crippen molar-refractivity contribution in [2.24, 2.45) is 0 Å². The predicted octanol–water partition coefficient (Wildman–Crippen LogP) is 4.85. The van der Waals surface area contributed by atoms with Crippen LogP contribution in [0.25, 0.3) is 0 Å². The molecule has 0 spiro atoms. The first-order valence-electron chi connectivity index (χ1n) is 11.6. The number of halogens is 1. The first-order chi connectivity index (χ1) is 15.6. The Balaban J connectivity index is 1.64. The summed E-state index contributed by atoms with van der Waals surface area (Å²) < 4.78 is 19.0. The Hall–Kier alpha value is -2.89. The maximum atomic E-state index is 13.3. The summed E-state index contributed by atoms with van der Waals surface area (Å²) >= 11 is 0. The zero-order valence-corrected chi connectivity index (χ0v) is 18.8. The summed E-state index contributed by atoms with van der Waals surface area (Å²) in [5.41, 5.74) is 0.799. The van der Waals surface area contributed by atoms with Gasteiger partial charge in [-0.2, -0.15) is 0 Å². The average Bonchev–Trinajstić information content (AvgIpc) is 3.31. The lowest BCUT2D eigenvalue weighted by molar-refractivity contribution is -0.141. The Kier molecular flexibility index (Phi) is 9.08. The van der Waals surface area contributed by atoms with E-state index >= 15 is 0 Å². The molecule has 0 aliphatic heterocycles. The second kappa shape index (κ2) is 12.2. The molecule has 1 N–H and O–H groups in total. The third kappa shape index (κ3) is 7.08. The Morgan fingerprint density at radius 1 is 1.09 bits per heavy atom. The SMILES string of the molecule is CCC(C(=O)NC1CCCC1)N(Cc1ccc(F)cc1)C(=O)CCCOc1ccccc1. The number of nitrogens with one attached hydrogen (secondary N) is 1. The van der Waals surface area contributed by atoms with Gasteiger partial charge in [-0.15, -0.1) is 0 Å². The van der Waals surface area contributed by atoms with Gasteiger partial charge in [0, 0.05) is 19.0 Å². The monoisotopic (exact) mass is 440 g/mol. The first-order valence-corrected chi connectivity index (χ1v) is 11.6. The van der Waals surface area contributed by atoms with Crippen LogP contribution < -0.4 is 10.1 Å². The van der Waals surface area contributed by atoms with Gasteiger partial charge in [0.25, 0.3) is 0 Å². The van der Waals surface area contributed by atoms with Crippen LogP contribution in [0.5, 0.6) is 5.75 Å². The summed E-state index contributed by atoms with van der Waals surface area (Å²) in [6.07, 6.45) is 5.58. The number of hydrogen-bond acceptors (Lipinski definition) is 3. The third-order valence-electron chi connectivity index (χ3n) is 5.90. The molecule has 0 heterocycles. The van der Waals surface area contributed by atoms with Crippen LogP contribution in [0.4, 0.5) is 4.39 Å². The van der Waals surface area contributed by atoms with Crippen LogP contribution in [-0.2, 0) is 16.1 Å². The molecular weight excluding hydrogens is 407 g/mol. The van der Waals surface area contributed by atoms with Crippen molar-refractivity contribution >= 4 is 11.8 Å². The Labute approximate surface area is 190 Å². The van der Waals surface area contributed by atoms with Crippen LogP contribution in [0.1, 0.15) is 57.4 Å². The molecule has 1 aliphatic rings. The highest BCUT2D eigenvalue weighted by atomic mass is 19.1. The van der Waals surface area contributed by atoms with Crippen molar-refractivity contribution in [1.82, 2.24) is 10.2 Å². The van der Waals surface area contributed by atoms with Gasteiger partial charge in [0.2, 0.25) is 11.8 Å². The number of nitrogens with zero attached hydrogens (tertiary/aromatic N) is 1.